The summed E-state index contributed by atoms with van der Waals surface area (Å²) in [7, 11) is 0. The zero-order valence-electron chi connectivity index (χ0n) is 14.1. The van der Waals surface area contributed by atoms with E-state index >= 15 is 0 Å². The first-order valence-electron chi connectivity index (χ1n) is 8.54. The van der Waals surface area contributed by atoms with Crippen molar-refractivity contribution in [2.24, 2.45) is 0 Å². The molecule has 0 spiro atoms. The van der Waals surface area contributed by atoms with Crippen LogP contribution in [-0.2, 0) is 11.3 Å². The van der Waals surface area contributed by atoms with E-state index in [2.05, 4.69) is 15.5 Å². The van der Waals surface area contributed by atoms with Gasteiger partial charge in [-0.05, 0) is 48.1 Å². The number of carbonyl (C=O) groups is 1. The highest BCUT2D eigenvalue weighted by Crippen LogP contribution is 2.32. The molecular formula is C18H19N3O4S. The third-order valence-electron chi connectivity index (χ3n) is 4.31. The van der Waals surface area contributed by atoms with E-state index in [-0.39, 0.29) is 19.2 Å². The van der Waals surface area contributed by atoms with Crippen molar-refractivity contribution >= 4 is 23.7 Å². The summed E-state index contributed by atoms with van der Waals surface area (Å²) in [4.78, 5) is 16.4. The molecule has 136 valence electrons. The molecule has 8 heteroatoms. The molecule has 1 aromatic heterocycles. The molecule has 1 fully saturated rings. The average molecular weight is 373 g/mol. The lowest BCUT2D eigenvalue weighted by Crippen LogP contribution is -2.20. The van der Waals surface area contributed by atoms with Gasteiger partial charge in [0.15, 0.2) is 17.3 Å². The minimum atomic E-state index is -0.225. The Kier molecular flexibility index (Phi) is 5.10. The number of amides is 1. The zero-order valence-corrected chi connectivity index (χ0v) is 15.0. The molecule has 1 saturated heterocycles. The smallest absolute Gasteiger partial charge is 0.246 e. The maximum atomic E-state index is 12.0. The van der Waals surface area contributed by atoms with Crippen LogP contribution in [0.15, 0.2) is 28.8 Å². The number of hydrogen-bond acceptors (Lipinski definition) is 7. The van der Waals surface area contributed by atoms with Crippen LogP contribution in [0.25, 0.3) is 6.08 Å². The Hall–Kier alpha value is -2.48. The van der Waals surface area contributed by atoms with Gasteiger partial charge in [0, 0.05) is 12.0 Å². The molecule has 1 aromatic carbocycles. The van der Waals surface area contributed by atoms with Crippen LogP contribution in [0, 0.1) is 0 Å². The highest BCUT2D eigenvalue weighted by atomic mass is 32.2. The Morgan fingerprint density at radius 3 is 3.00 bits per heavy atom. The number of ether oxygens (including phenoxy) is 2. The Balaban J connectivity index is 1.29. The van der Waals surface area contributed by atoms with E-state index < -0.39 is 0 Å². The van der Waals surface area contributed by atoms with Gasteiger partial charge >= 0.3 is 0 Å². The second-order valence-electron chi connectivity index (χ2n) is 6.10. The topological polar surface area (TPSA) is 86.5 Å². The molecule has 4 rings (SSSR count). The molecule has 0 aliphatic carbocycles. The summed E-state index contributed by atoms with van der Waals surface area (Å²) in [6, 6.07) is 5.52. The fourth-order valence-electron chi connectivity index (χ4n) is 2.87. The van der Waals surface area contributed by atoms with Crippen molar-refractivity contribution in [2.45, 2.75) is 25.3 Å². The maximum Gasteiger partial charge on any atom is 0.246 e. The molecule has 3 heterocycles. The first kappa shape index (κ1) is 17.0. The van der Waals surface area contributed by atoms with Crippen molar-refractivity contribution in [1.29, 1.82) is 0 Å². The monoisotopic (exact) mass is 373 g/mol. The predicted molar refractivity (Wildman–Crippen MR) is 97.0 cm³/mol. The van der Waals surface area contributed by atoms with E-state index in [1.54, 1.807) is 6.08 Å². The van der Waals surface area contributed by atoms with Crippen molar-refractivity contribution in [3.63, 3.8) is 0 Å². The van der Waals surface area contributed by atoms with E-state index in [1.165, 1.54) is 6.08 Å². The van der Waals surface area contributed by atoms with Crippen molar-refractivity contribution in [1.82, 2.24) is 15.5 Å². The Bertz CT molecular complexity index is 815. The molecule has 2 aliphatic heterocycles. The number of nitrogens with zero attached hydrogens (tertiary/aromatic N) is 2. The van der Waals surface area contributed by atoms with Crippen LogP contribution >= 0.6 is 11.8 Å². The summed E-state index contributed by atoms with van der Waals surface area (Å²) in [5.74, 6) is 5.01. The summed E-state index contributed by atoms with van der Waals surface area (Å²) in [6.07, 6.45) is 5.34. The number of nitrogens with one attached hydrogen (secondary N) is 1. The highest BCUT2D eigenvalue weighted by Gasteiger charge is 2.21. The quantitative estimate of drug-likeness (QED) is 0.807. The Labute approximate surface area is 155 Å². The van der Waals surface area contributed by atoms with E-state index in [4.69, 9.17) is 14.0 Å². The van der Waals surface area contributed by atoms with Gasteiger partial charge in [-0.15, -0.1) is 0 Å². The molecule has 2 aromatic rings. The fraction of sp³-hybridized carbons (Fsp3) is 0.389. The van der Waals surface area contributed by atoms with Gasteiger partial charge in [-0.2, -0.15) is 16.7 Å². The van der Waals surface area contributed by atoms with Crippen molar-refractivity contribution < 1.29 is 18.8 Å². The molecule has 0 radical (unpaired) electrons. The second kappa shape index (κ2) is 7.82. The zero-order chi connectivity index (χ0) is 17.8. The first-order valence-corrected chi connectivity index (χ1v) is 9.69. The molecule has 0 bridgehead atoms. The number of thioether (sulfide) groups is 1. The van der Waals surface area contributed by atoms with Gasteiger partial charge in [-0.3, -0.25) is 4.79 Å². The lowest BCUT2D eigenvalue weighted by atomic mass is 10.0. The van der Waals surface area contributed by atoms with Crippen LogP contribution in [-0.4, -0.2) is 34.3 Å². The normalized spacial score (nSPS) is 16.9. The largest absolute Gasteiger partial charge is 0.454 e. The van der Waals surface area contributed by atoms with Gasteiger partial charge < -0.3 is 19.3 Å². The molecule has 1 N–H and O–H groups in total. The van der Waals surface area contributed by atoms with Gasteiger partial charge in [-0.1, -0.05) is 11.2 Å². The van der Waals surface area contributed by atoms with Crippen molar-refractivity contribution in [3.8, 4) is 11.5 Å². The van der Waals surface area contributed by atoms with Gasteiger partial charge in [0.2, 0.25) is 18.6 Å². The third-order valence-corrected chi connectivity index (χ3v) is 5.36. The minimum absolute atomic E-state index is 0.221. The number of carbonyl (C=O) groups excluding carboxylic acids is 1. The molecule has 1 amide bonds. The number of rotatable bonds is 5. The van der Waals surface area contributed by atoms with E-state index in [9.17, 15) is 4.79 Å². The number of aromatic nitrogens is 2. The highest BCUT2D eigenvalue weighted by molar-refractivity contribution is 7.99. The van der Waals surface area contributed by atoms with Crippen LogP contribution in [0.1, 0.15) is 36.0 Å². The molecule has 0 unspecified atom stereocenters. The molecule has 2 aliphatic rings. The fourth-order valence-corrected chi connectivity index (χ4v) is 3.98. The van der Waals surface area contributed by atoms with Gasteiger partial charge in [0.05, 0.1) is 6.54 Å². The lowest BCUT2D eigenvalue weighted by Gasteiger charge is -2.17. The van der Waals surface area contributed by atoms with Gasteiger partial charge in [0.25, 0.3) is 0 Å². The van der Waals surface area contributed by atoms with Crippen LogP contribution in [0.3, 0.4) is 0 Å². The molecule has 0 atom stereocenters. The average Bonchev–Trinajstić information content (AvgIpc) is 3.34. The van der Waals surface area contributed by atoms with E-state index in [0.717, 1.165) is 41.5 Å². The van der Waals surface area contributed by atoms with Crippen LogP contribution in [0.4, 0.5) is 0 Å². The molecule has 7 nitrogen and oxygen atoms in total. The summed E-state index contributed by atoms with van der Waals surface area (Å²) in [5.41, 5.74) is 0.861. The minimum Gasteiger partial charge on any atom is -0.454 e. The summed E-state index contributed by atoms with van der Waals surface area (Å²) in [6.45, 7) is 0.452. The summed E-state index contributed by atoms with van der Waals surface area (Å²) in [5, 5.41) is 6.81. The first-order chi connectivity index (χ1) is 12.8. The summed E-state index contributed by atoms with van der Waals surface area (Å²) >= 11 is 1.96. The van der Waals surface area contributed by atoms with E-state index in [1.807, 2.05) is 30.0 Å². The number of benzene rings is 1. The summed E-state index contributed by atoms with van der Waals surface area (Å²) < 4.78 is 15.8. The third kappa shape index (κ3) is 4.01. The lowest BCUT2D eigenvalue weighted by molar-refractivity contribution is -0.116. The van der Waals surface area contributed by atoms with E-state index in [0.29, 0.717) is 17.6 Å². The molecular weight excluding hydrogens is 354 g/mol. The van der Waals surface area contributed by atoms with Crippen LogP contribution in [0.2, 0.25) is 0 Å². The van der Waals surface area contributed by atoms with Gasteiger partial charge in [-0.25, -0.2) is 0 Å². The molecule has 26 heavy (non-hydrogen) atoms. The Morgan fingerprint density at radius 2 is 2.12 bits per heavy atom. The van der Waals surface area contributed by atoms with Gasteiger partial charge in [0.1, 0.15) is 0 Å². The van der Waals surface area contributed by atoms with Crippen LogP contribution < -0.4 is 14.8 Å². The SMILES string of the molecule is O=C(C=Cc1ccc2c(c1)OCO2)NCc1nc(C2CCSCC2)no1. The number of hydrogen-bond donors (Lipinski definition) is 1. The predicted octanol–water partition coefficient (Wildman–Crippen LogP) is 2.74. The van der Waals surface area contributed by atoms with Crippen LogP contribution in [0.5, 0.6) is 11.5 Å². The molecule has 0 saturated carbocycles. The van der Waals surface area contributed by atoms with Crippen molar-refractivity contribution in [2.75, 3.05) is 18.3 Å². The Morgan fingerprint density at radius 1 is 1.27 bits per heavy atom. The number of fused-ring (bicyclic) bond motifs is 1. The standard InChI is InChI=1S/C18H19N3O4S/c22-16(4-2-12-1-3-14-15(9-12)24-11-23-14)19-10-17-20-18(21-25-17)13-5-7-26-8-6-13/h1-4,9,13H,5-8,10-11H2,(H,19,22). The maximum absolute atomic E-state index is 12.0. The second-order valence-corrected chi connectivity index (χ2v) is 7.32. The van der Waals surface area contributed by atoms with Crippen molar-refractivity contribution in [3.05, 3.63) is 41.6 Å².